The topological polar surface area (TPSA) is 72.9 Å². The summed E-state index contributed by atoms with van der Waals surface area (Å²) in [6, 6.07) is 18.5. The molecule has 6 nitrogen and oxygen atoms in total. The molecule has 0 saturated heterocycles. The van der Waals surface area contributed by atoms with E-state index >= 15 is 0 Å². The number of ether oxygens (including phenoxy) is 1. The van der Waals surface area contributed by atoms with Crippen LogP contribution in [0.3, 0.4) is 0 Å². The van der Waals surface area contributed by atoms with Gasteiger partial charge in [0.2, 0.25) is 5.91 Å². The molecule has 174 valence electrons. The predicted molar refractivity (Wildman–Crippen MR) is 123 cm³/mol. The Morgan fingerprint density at radius 2 is 1.55 bits per heavy atom. The van der Waals surface area contributed by atoms with Crippen LogP contribution >= 0.6 is 0 Å². The van der Waals surface area contributed by atoms with Crippen molar-refractivity contribution in [1.82, 2.24) is 4.90 Å². The van der Waals surface area contributed by atoms with E-state index in [1.165, 1.54) is 43.5 Å². The van der Waals surface area contributed by atoms with Gasteiger partial charge in [0.05, 0.1) is 7.11 Å². The highest BCUT2D eigenvalue weighted by Crippen LogP contribution is 2.23. The molecular weight excluding hydrogens is 445 g/mol. The van der Waals surface area contributed by atoms with Crippen molar-refractivity contribution < 1.29 is 26.5 Å². The van der Waals surface area contributed by atoms with Gasteiger partial charge in [0, 0.05) is 19.0 Å². The van der Waals surface area contributed by atoms with Gasteiger partial charge in [0.25, 0.3) is 0 Å². The van der Waals surface area contributed by atoms with Crippen LogP contribution in [-0.2, 0) is 28.0 Å². The van der Waals surface area contributed by atoms with E-state index in [0.717, 1.165) is 5.56 Å². The molecule has 0 aromatic heterocycles. The van der Waals surface area contributed by atoms with Gasteiger partial charge in [-0.25, -0.2) is 4.39 Å². The first-order valence-electron chi connectivity index (χ1n) is 10.4. The molecule has 0 aliphatic rings. The number of benzene rings is 3. The summed E-state index contributed by atoms with van der Waals surface area (Å²) in [7, 11) is -2.54. The molecule has 8 heteroatoms. The monoisotopic (exact) mass is 471 g/mol. The highest BCUT2D eigenvalue weighted by molar-refractivity contribution is 7.87. The van der Waals surface area contributed by atoms with Gasteiger partial charge in [0.1, 0.15) is 22.2 Å². The molecule has 1 amide bonds. The molecule has 0 atom stereocenters. The molecule has 3 rings (SSSR count). The molecule has 0 aliphatic carbocycles. The number of hydrogen-bond acceptors (Lipinski definition) is 5. The molecule has 0 unspecified atom stereocenters. The summed E-state index contributed by atoms with van der Waals surface area (Å²) in [6.07, 6.45) is 0. The minimum atomic E-state index is -4.04. The second-order valence-electron chi connectivity index (χ2n) is 7.84. The largest absolute Gasteiger partial charge is 0.497 e. The van der Waals surface area contributed by atoms with Gasteiger partial charge in [-0.2, -0.15) is 8.42 Å². The summed E-state index contributed by atoms with van der Waals surface area (Å²) >= 11 is 0. The van der Waals surface area contributed by atoms with Crippen LogP contribution in [0.5, 0.6) is 11.5 Å². The van der Waals surface area contributed by atoms with Crippen LogP contribution in [0.4, 0.5) is 4.39 Å². The second kappa shape index (κ2) is 10.5. The first-order valence-corrected chi connectivity index (χ1v) is 11.8. The minimum absolute atomic E-state index is 0.00150. The Labute approximate surface area is 193 Å². The molecule has 0 saturated carbocycles. The third-order valence-corrected chi connectivity index (χ3v) is 6.18. The molecule has 3 aromatic carbocycles. The van der Waals surface area contributed by atoms with Crippen LogP contribution < -0.4 is 8.92 Å². The molecule has 0 spiro atoms. The Morgan fingerprint density at radius 1 is 0.909 bits per heavy atom. The van der Waals surface area contributed by atoms with Crippen LogP contribution in [0.1, 0.15) is 25.0 Å². The van der Waals surface area contributed by atoms with Crippen molar-refractivity contribution in [3.63, 3.8) is 0 Å². The highest BCUT2D eigenvalue weighted by Gasteiger charge is 2.20. The minimum Gasteiger partial charge on any atom is -0.497 e. The van der Waals surface area contributed by atoms with Crippen molar-refractivity contribution >= 4 is 16.0 Å². The van der Waals surface area contributed by atoms with Gasteiger partial charge in [0.15, 0.2) is 0 Å². The maximum absolute atomic E-state index is 13.2. The van der Waals surface area contributed by atoms with Crippen molar-refractivity contribution in [2.24, 2.45) is 5.92 Å². The van der Waals surface area contributed by atoms with Gasteiger partial charge in [-0.15, -0.1) is 0 Å². The normalized spacial score (nSPS) is 11.3. The lowest BCUT2D eigenvalue weighted by molar-refractivity contribution is -0.135. The van der Waals surface area contributed by atoms with E-state index in [1.807, 2.05) is 0 Å². The van der Waals surface area contributed by atoms with Crippen molar-refractivity contribution in [1.29, 1.82) is 0 Å². The molecular formula is C25H26FNO5S. The average Bonchev–Trinajstić information content (AvgIpc) is 2.79. The molecule has 0 aliphatic heterocycles. The number of carbonyl (C=O) groups is 1. The van der Waals surface area contributed by atoms with Crippen molar-refractivity contribution in [3.8, 4) is 11.5 Å². The van der Waals surface area contributed by atoms with Crippen LogP contribution in [0.2, 0.25) is 0 Å². The summed E-state index contributed by atoms with van der Waals surface area (Å²) < 4.78 is 48.9. The molecule has 0 heterocycles. The maximum Gasteiger partial charge on any atom is 0.339 e. The zero-order valence-electron chi connectivity index (χ0n) is 18.7. The van der Waals surface area contributed by atoms with E-state index in [4.69, 9.17) is 8.92 Å². The van der Waals surface area contributed by atoms with E-state index in [9.17, 15) is 17.6 Å². The lowest BCUT2D eigenvalue weighted by Crippen LogP contribution is -2.33. The van der Waals surface area contributed by atoms with Gasteiger partial charge in [-0.3, -0.25) is 4.79 Å². The van der Waals surface area contributed by atoms with Gasteiger partial charge < -0.3 is 13.8 Å². The number of halogens is 1. The molecule has 3 aromatic rings. The zero-order chi connectivity index (χ0) is 24.0. The summed E-state index contributed by atoms with van der Waals surface area (Å²) in [6.45, 7) is 4.16. The SMILES string of the molecule is COc1ccc(S(=O)(=O)Oc2cccc(CN(Cc3ccc(F)cc3)C(=O)C(C)C)c2)cc1. The standard InChI is InChI=1S/C25H26FNO5S/c1-18(2)25(28)27(16-19-7-9-21(26)10-8-19)17-20-5-4-6-23(15-20)32-33(29,30)24-13-11-22(31-3)12-14-24/h4-15,18H,16-17H2,1-3H3. The van der Waals surface area contributed by atoms with Crippen LogP contribution in [-0.4, -0.2) is 26.3 Å². The molecule has 0 bridgehead atoms. The fourth-order valence-electron chi connectivity index (χ4n) is 3.22. The molecule has 0 N–H and O–H groups in total. The third-order valence-electron chi connectivity index (χ3n) is 4.92. The predicted octanol–water partition coefficient (Wildman–Crippen LogP) is 4.79. The molecule has 33 heavy (non-hydrogen) atoms. The second-order valence-corrected chi connectivity index (χ2v) is 9.38. The number of rotatable bonds is 9. The third kappa shape index (κ3) is 6.55. The van der Waals surface area contributed by atoms with Crippen LogP contribution in [0, 0.1) is 11.7 Å². The van der Waals surface area contributed by atoms with Gasteiger partial charge in [-0.1, -0.05) is 38.1 Å². The van der Waals surface area contributed by atoms with Gasteiger partial charge in [-0.05, 0) is 59.7 Å². The van der Waals surface area contributed by atoms with Crippen molar-refractivity contribution in [2.45, 2.75) is 31.8 Å². The number of nitrogens with zero attached hydrogens (tertiary/aromatic N) is 1. The smallest absolute Gasteiger partial charge is 0.339 e. The Kier molecular flexibility index (Phi) is 7.71. The number of methoxy groups -OCH3 is 1. The quantitative estimate of drug-likeness (QED) is 0.420. The Morgan fingerprint density at radius 3 is 2.15 bits per heavy atom. The summed E-state index contributed by atoms with van der Waals surface area (Å²) in [4.78, 5) is 14.4. The highest BCUT2D eigenvalue weighted by atomic mass is 32.2. The average molecular weight is 472 g/mol. The molecule has 0 radical (unpaired) electrons. The van der Waals surface area contributed by atoms with E-state index in [0.29, 0.717) is 17.9 Å². The summed E-state index contributed by atoms with van der Waals surface area (Å²) in [5.41, 5.74) is 1.49. The van der Waals surface area contributed by atoms with E-state index in [2.05, 4.69) is 0 Å². The van der Waals surface area contributed by atoms with E-state index in [1.54, 1.807) is 55.1 Å². The first kappa shape index (κ1) is 24.3. The van der Waals surface area contributed by atoms with Crippen molar-refractivity contribution in [3.05, 3.63) is 89.7 Å². The fourth-order valence-corrected chi connectivity index (χ4v) is 4.14. The lowest BCUT2D eigenvalue weighted by Gasteiger charge is -2.25. The fraction of sp³-hybridized carbons (Fsp3) is 0.240. The lowest BCUT2D eigenvalue weighted by atomic mass is 10.1. The first-order chi connectivity index (χ1) is 15.7. The Balaban J connectivity index is 1.79. The van der Waals surface area contributed by atoms with Crippen LogP contribution in [0.25, 0.3) is 0 Å². The number of hydrogen-bond donors (Lipinski definition) is 0. The van der Waals surface area contributed by atoms with Crippen molar-refractivity contribution in [2.75, 3.05) is 7.11 Å². The Hall–Kier alpha value is -3.39. The zero-order valence-corrected chi connectivity index (χ0v) is 19.5. The summed E-state index contributed by atoms with van der Waals surface area (Å²) in [5.74, 6) is 0.0225. The number of carbonyl (C=O) groups excluding carboxylic acids is 1. The molecule has 0 fully saturated rings. The number of amides is 1. The summed E-state index contributed by atoms with van der Waals surface area (Å²) in [5, 5.41) is 0. The Bertz CT molecular complexity index is 1190. The van der Waals surface area contributed by atoms with E-state index < -0.39 is 10.1 Å². The maximum atomic E-state index is 13.2. The van der Waals surface area contributed by atoms with Gasteiger partial charge >= 0.3 is 10.1 Å². The van der Waals surface area contributed by atoms with Crippen LogP contribution in [0.15, 0.2) is 77.7 Å². The van der Waals surface area contributed by atoms with E-state index in [-0.39, 0.29) is 34.8 Å².